The lowest BCUT2D eigenvalue weighted by Gasteiger charge is -2.37. The van der Waals surface area contributed by atoms with Crippen molar-refractivity contribution < 1.29 is 18.0 Å². The first-order valence-corrected chi connectivity index (χ1v) is 10.9. The zero-order chi connectivity index (χ0) is 20.5. The number of nitrogens with one attached hydrogen (secondary N) is 1. The molecule has 146 valence electrons. The molecule has 1 aliphatic heterocycles. The first-order chi connectivity index (χ1) is 13.2. The van der Waals surface area contributed by atoms with Crippen molar-refractivity contribution >= 4 is 33.4 Å². The number of rotatable bonds is 5. The van der Waals surface area contributed by atoms with Crippen molar-refractivity contribution in [3.05, 3.63) is 76.7 Å². The third-order valence-corrected chi connectivity index (χ3v) is 8.64. The summed E-state index contributed by atoms with van der Waals surface area (Å²) in [6, 6.07) is 14.4. The second-order valence-corrected chi connectivity index (χ2v) is 9.58. The Hall–Kier alpha value is -2.58. The highest BCUT2D eigenvalue weighted by atomic mass is 32.2. The Morgan fingerprint density at radius 3 is 2.29 bits per heavy atom. The molecule has 0 spiro atoms. The van der Waals surface area contributed by atoms with Crippen LogP contribution < -0.4 is 11.1 Å². The number of hydrogen-bond acceptors (Lipinski definition) is 5. The van der Waals surface area contributed by atoms with E-state index in [0.717, 1.165) is 0 Å². The van der Waals surface area contributed by atoms with Gasteiger partial charge in [-0.1, -0.05) is 36.4 Å². The van der Waals surface area contributed by atoms with Gasteiger partial charge in [0.05, 0.1) is 4.90 Å². The summed E-state index contributed by atoms with van der Waals surface area (Å²) in [4.78, 5) is 24.1. The van der Waals surface area contributed by atoms with Crippen LogP contribution in [0.5, 0.6) is 0 Å². The summed E-state index contributed by atoms with van der Waals surface area (Å²) < 4.78 is 26.3. The maximum atomic E-state index is 14.0. The molecule has 0 aromatic heterocycles. The molecule has 2 amide bonds. The van der Waals surface area contributed by atoms with Gasteiger partial charge in [-0.25, -0.2) is 8.42 Å². The monoisotopic (exact) mass is 416 g/mol. The van der Waals surface area contributed by atoms with Crippen molar-refractivity contribution in [1.82, 2.24) is 5.32 Å². The Labute approximate surface area is 168 Å². The molecule has 1 heterocycles. The topological polar surface area (TPSA) is 106 Å². The third-order valence-electron chi connectivity index (χ3n) is 4.74. The smallest absolute Gasteiger partial charge is 0.249 e. The zero-order valence-electron chi connectivity index (χ0n) is 15.4. The van der Waals surface area contributed by atoms with Crippen LogP contribution in [-0.4, -0.2) is 25.6 Å². The summed E-state index contributed by atoms with van der Waals surface area (Å²) in [6.07, 6.45) is 0. The third kappa shape index (κ3) is 3.02. The molecule has 0 saturated carbocycles. The molecule has 2 atom stereocenters. The van der Waals surface area contributed by atoms with Gasteiger partial charge in [-0.15, -0.1) is 11.8 Å². The Kier molecular flexibility index (Phi) is 5.36. The number of amides is 2. The van der Waals surface area contributed by atoms with Crippen LogP contribution in [0.4, 0.5) is 0 Å². The van der Waals surface area contributed by atoms with E-state index in [1.54, 1.807) is 48.7 Å². The highest BCUT2D eigenvalue weighted by Crippen LogP contribution is 2.53. The van der Waals surface area contributed by atoms with Gasteiger partial charge in [0.15, 0.2) is 14.6 Å². The summed E-state index contributed by atoms with van der Waals surface area (Å²) in [6.45, 7) is 3.02. The minimum atomic E-state index is -4.06. The van der Waals surface area contributed by atoms with Gasteiger partial charge in [0, 0.05) is 12.5 Å². The molecule has 0 saturated heterocycles. The predicted octanol–water partition coefficient (Wildman–Crippen LogP) is 2.57. The quantitative estimate of drug-likeness (QED) is 0.779. The fraction of sp³-hybridized carbons (Fsp3) is 0.200. The number of benzene rings is 2. The minimum absolute atomic E-state index is 0.0971. The highest BCUT2D eigenvalue weighted by molar-refractivity contribution is 8.04. The molecule has 0 fully saturated rings. The molecule has 0 bridgehead atoms. The van der Waals surface area contributed by atoms with Crippen molar-refractivity contribution in [2.75, 3.05) is 0 Å². The largest absolute Gasteiger partial charge is 0.366 e. The van der Waals surface area contributed by atoms with Crippen molar-refractivity contribution in [2.24, 2.45) is 5.73 Å². The van der Waals surface area contributed by atoms with Gasteiger partial charge in [0.2, 0.25) is 11.8 Å². The Morgan fingerprint density at radius 1 is 1.07 bits per heavy atom. The molecule has 0 aliphatic carbocycles. The fourth-order valence-corrected chi connectivity index (χ4v) is 7.60. The van der Waals surface area contributed by atoms with Crippen molar-refractivity contribution in [1.29, 1.82) is 0 Å². The van der Waals surface area contributed by atoms with Crippen molar-refractivity contribution in [3.63, 3.8) is 0 Å². The lowest BCUT2D eigenvalue weighted by Crippen LogP contribution is -2.52. The van der Waals surface area contributed by atoms with E-state index in [0.29, 0.717) is 5.57 Å². The number of sulfone groups is 1. The summed E-state index contributed by atoms with van der Waals surface area (Å²) in [5.74, 6) is -1.10. The van der Waals surface area contributed by atoms with E-state index in [2.05, 4.69) is 5.32 Å². The molecular formula is C20H20N2O4S2. The molecule has 2 unspecified atom stereocenters. The molecule has 2 aromatic carbocycles. The molecule has 8 heteroatoms. The average Bonchev–Trinajstić information content (AvgIpc) is 2.99. The first kappa shape index (κ1) is 20.2. The van der Waals surface area contributed by atoms with Crippen LogP contribution in [0.3, 0.4) is 0 Å². The Bertz CT molecular complexity index is 1060. The molecule has 0 radical (unpaired) electrons. The highest BCUT2D eigenvalue weighted by Gasteiger charge is 2.58. The molecule has 28 heavy (non-hydrogen) atoms. The van der Waals surface area contributed by atoms with Crippen LogP contribution in [0.15, 0.2) is 70.5 Å². The van der Waals surface area contributed by atoms with E-state index < -0.39 is 25.9 Å². The fourth-order valence-electron chi connectivity index (χ4n) is 3.54. The van der Waals surface area contributed by atoms with Crippen LogP contribution in [0.25, 0.3) is 0 Å². The van der Waals surface area contributed by atoms with Crippen LogP contribution in [0, 0.1) is 0 Å². The van der Waals surface area contributed by atoms with Gasteiger partial charge in [-0.05, 0) is 41.7 Å². The van der Waals surface area contributed by atoms with Crippen LogP contribution in [0.1, 0.15) is 29.8 Å². The summed E-state index contributed by atoms with van der Waals surface area (Å²) in [7, 11) is -4.06. The normalized spacial score (nSPS) is 21.8. The van der Waals surface area contributed by atoms with Gasteiger partial charge in [0.1, 0.15) is 5.37 Å². The van der Waals surface area contributed by atoms with E-state index in [1.807, 2.05) is 0 Å². The van der Waals surface area contributed by atoms with E-state index in [1.165, 1.54) is 36.9 Å². The maximum Gasteiger partial charge on any atom is 0.249 e. The van der Waals surface area contributed by atoms with E-state index in [-0.39, 0.29) is 21.9 Å². The molecule has 1 aliphatic rings. The number of carbonyl (C=O) groups excluding carboxylic acids is 2. The number of nitrogens with two attached hydrogens (primary N) is 1. The van der Waals surface area contributed by atoms with E-state index in [9.17, 15) is 18.0 Å². The van der Waals surface area contributed by atoms with Gasteiger partial charge in [-0.2, -0.15) is 0 Å². The van der Waals surface area contributed by atoms with Crippen molar-refractivity contribution in [3.8, 4) is 0 Å². The molecule has 3 rings (SSSR count). The lowest BCUT2D eigenvalue weighted by atomic mass is 9.87. The molecular weight excluding hydrogens is 396 g/mol. The summed E-state index contributed by atoms with van der Waals surface area (Å²) >= 11 is 1.20. The predicted molar refractivity (Wildman–Crippen MR) is 109 cm³/mol. The lowest BCUT2D eigenvalue weighted by molar-refractivity contribution is -0.119. The molecule has 3 N–H and O–H groups in total. The van der Waals surface area contributed by atoms with Crippen LogP contribution in [-0.2, 0) is 19.4 Å². The van der Waals surface area contributed by atoms with E-state index in [4.69, 9.17) is 5.73 Å². The number of primary amides is 1. The second-order valence-electron chi connectivity index (χ2n) is 6.48. The summed E-state index contributed by atoms with van der Waals surface area (Å²) in [5, 5.41) is 3.60. The Morgan fingerprint density at radius 2 is 1.68 bits per heavy atom. The van der Waals surface area contributed by atoms with Crippen LogP contribution in [0.2, 0.25) is 0 Å². The Balaban J connectivity index is 2.41. The standard InChI is InChI=1S/C20H20N2O4S2/c1-13-12-27-19(22-14(2)23)20(13,17-11-7-6-10-16(17)18(21)24)28(25,26)15-8-4-3-5-9-15/h3-12,19H,1-2H3,(H2,21,24)(H,22,23). The molecule has 2 aromatic rings. The van der Waals surface area contributed by atoms with E-state index >= 15 is 0 Å². The van der Waals surface area contributed by atoms with Gasteiger partial charge < -0.3 is 11.1 Å². The molecule has 6 nitrogen and oxygen atoms in total. The minimum Gasteiger partial charge on any atom is -0.366 e. The average molecular weight is 417 g/mol. The number of hydrogen-bond donors (Lipinski definition) is 2. The number of carbonyl (C=O) groups is 2. The van der Waals surface area contributed by atoms with Crippen LogP contribution >= 0.6 is 11.8 Å². The zero-order valence-corrected chi connectivity index (χ0v) is 17.0. The van der Waals surface area contributed by atoms with Crippen molar-refractivity contribution in [2.45, 2.75) is 28.9 Å². The van der Waals surface area contributed by atoms with Gasteiger partial charge >= 0.3 is 0 Å². The van der Waals surface area contributed by atoms with Gasteiger partial charge in [-0.3, -0.25) is 9.59 Å². The second kappa shape index (κ2) is 7.44. The first-order valence-electron chi connectivity index (χ1n) is 8.51. The SMILES string of the molecule is CC(=O)NC1SC=C(C)C1(c1ccccc1C(N)=O)S(=O)(=O)c1ccccc1. The van der Waals surface area contributed by atoms with Gasteiger partial charge in [0.25, 0.3) is 0 Å². The summed E-state index contributed by atoms with van der Waals surface area (Å²) in [5.41, 5.74) is 6.43. The maximum absolute atomic E-state index is 14.0. The number of thioether (sulfide) groups is 1.